The Morgan fingerprint density at radius 1 is 1.27 bits per heavy atom. The van der Waals surface area contributed by atoms with Gasteiger partial charge in [-0.15, -0.1) is 0 Å². The SMILES string of the molecule is CC(C)CC1CCC=C(c2cncc(N(C)C3CCC3)n2)N(C)C1CO. The minimum atomic E-state index is 0.140. The van der Waals surface area contributed by atoms with Crippen LogP contribution in [0, 0.1) is 11.8 Å². The van der Waals surface area contributed by atoms with Gasteiger partial charge < -0.3 is 14.9 Å². The first-order valence-electron chi connectivity index (χ1n) is 10.1. The van der Waals surface area contributed by atoms with Gasteiger partial charge in [0, 0.05) is 20.1 Å². The summed E-state index contributed by atoms with van der Waals surface area (Å²) in [4.78, 5) is 13.9. The monoisotopic (exact) mass is 358 g/mol. The van der Waals surface area contributed by atoms with E-state index in [1.165, 1.54) is 19.3 Å². The molecule has 0 saturated heterocycles. The molecule has 5 nitrogen and oxygen atoms in total. The van der Waals surface area contributed by atoms with Gasteiger partial charge in [-0.3, -0.25) is 4.98 Å². The summed E-state index contributed by atoms with van der Waals surface area (Å²) in [6, 6.07) is 0.738. The molecule has 1 aliphatic heterocycles. The van der Waals surface area contributed by atoms with Gasteiger partial charge >= 0.3 is 0 Å². The molecular weight excluding hydrogens is 324 g/mol. The predicted octanol–water partition coefficient (Wildman–Crippen LogP) is 3.56. The second kappa shape index (κ2) is 8.38. The zero-order valence-electron chi connectivity index (χ0n) is 16.7. The van der Waals surface area contributed by atoms with Crippen LogP contribution in [0.4, 0.5) is 5.82 Å². The second-order valence-electron chi connectivity index (χ2n) is 8.38. The molecule has 1 aromatic heterocycles. The first-order valence-corrected chi connectivity index (χ1v) is 10.1. The summed E-state index contributed by atoms with van der Waals surface area (Å²) in [5.74, 6) is 2.10. The molecule has 1 saturated carbocycles. The van der Waals surface area contributed by atoms with Gasteiger partial charge in [-0.25, -0.2) is 4.98 Å². The zero-order chi connectivity index (χ0) is 18.7. The highest BCUT2D eigenvalue weighted by molar-refractivity contribution is 5.62. The third-order valence-electron chi connectivity index (χ3n) is 6.13. The minimum Gasteiger partial charge on any atom is -0.394 e. The van der Waals surface area contributed by atoms with Gasteiger partial charge in [0.05, 0.1) is 30.7 Å². The standard InChI is InChI=1S/C21H34N4O/c1-15(2)11-16-7-5-10-19(25(4)20(16)14-26)18-12-22-13-21(23-18)24(3)17-8-6-9-17/h10,12-13,15-17,20,26H,5-9,11,14H2,1-4H3. The van der Waals surface area contributed by atoms with Crippen LogP contribution in [0.2, 0.25) is 0 Å². The fraction of sp³-hybridized carbons (Fsp3) is 0.714. The van der Waals surface area contributed by atoms with E-state index in [0.717, 1.165) is 36.5 Å². The van der Waals surface area contributed by atoms with Crippen molar-refractivity contribution in [3.8, 4) is 0 Å². The smallest absolute Gasteiger partial charge is 0.147 e. The molecule has 0 aromatic carbocycles. The molecule has 0 radical (unpaired) electrons. The number of nitrogens with zero attached hydrogens (tertiary/aromatic N) is 4. The Morgan fingerprint density at radius 3 is 2.65 bits per heavy atom. The number of aromatic nitrogens is 2. The molecular formula is C21H34N4O. The van der Waals surface area contributed by atoms with Gasteiger partial charge in [0.25, 0.3) is 0 Å². The molecule has 1 aromatic rings. The Kier molecular flexibility index (Phi) is 6.17. The second-order valence-corrected chi connectivity index (χ2v) is 8.38. The zero-order valence-corrected chi connectivity index (χ0v) is 16.7. The number of anilines is 1. The lowest BCUT2D eigenvalue weighted by molar-refractivity contribution is 0.128. The van der Waals surface area contributed by atoms with E-state index in [4.69, 9.17) is 4.98 Å². The van der Waals surface area contributed by atoms with Gasteiger partial charge in [0.2, 0.25) is 0 Å². The molecule has 0 bridgehead atoms. The minimum absolute atomic E-state index is 0.140. The summed E-state index contributed by atoms with van der Waals surface area (Å²) >= 11 is 0. The normalized spacial score (nSPS) is 24.2. The molecule has 2 unspecified atom stereocenters. The molecule has 1 aliphatic carbocycles. The number of likely N-dealkylation sites (N-methyl/N-ethyl adjacent to an activating group) is 1. The molecule has 26 heavy (non-hydrogen) atoms. The predicted molar refractivity (Wildman–Crippen MR) is 107 cm³/mol. The molecule has 0 spiro atoms. The van der Waals surface area contributed by atoms with Crippen LogP contribution in [0.25, 0.3) is 5.70 Å². The van der Waals surface area contributed by atoms with Crippen LogP contribution in [-0.4, -0.2) is 52.8 Å². The van der Waals surface area contributed by atoms with Crippen molar-refractivity contribution in [1.29, 1.82) is 0 Å². The Morgan fingerprint density at radius 2 is 2.04 bits per heavy atom. The van der Waals surface area contributed by atoms with Crippen molar-refractivity contribution in [1.82, 2.24) is 14.9 Å². The highest BCUT2D eigenvalue weighted by Gasteiger charge is 2.30. The van der Waals surface area contributed by atoms with Crippen molar-refractivity contribution in [2.75, 3.05) is 25.6 Å². The number of hydrogen-bond acceptors (Lipinski definition) is 5. The number of aliphatic hydroxyl groups excluding tert-OH is 1. The van der Waals surface area contributed by atoms with Crippen LogP contribution in [0.1, 0.15) is 58.1 Å². The molecule has 2 aliphatic rings. The van der Waals surface area contributed by atoms with E-state index in [0.29, 0.717) is 17.9 Å². The molecule has 1 N–H and O–H groups in total. The Labute approximate surface area is 158 Å². The first kappa shape index (κ1) is 19.2. The maximum Gasteiger partial charge on any atom is 0.147 e. The van der Waals surface area contributed by atoms with E-state index in [2.05, 4.69) is 48.8 Å². The fourth-order valence-corrected chi connectivity index (χ4v) is 4.31. The van der Waals surface area contributed by atoms with Crippen LogP contribution in [-0.2, 0) is 0 Å². The van der Waals surface area contributed by atoms with Gasteiger partial charge in [-0.05, 0) is 50.4 Å². The van der Waals surface area contributed by atoms with Crippen LogP contribution < -0.4 is 4.90 Å². The summed E-state index contributed by atoms with van der Waals surface area (Å²) in [5, 5.41) is 10.1. The van der Waals surface area contributed by atoms with E-state index >= 15 is 0 Å². The lowest BCUT2D eigenvalue weighted by atomic mass is 9.87. The Bertz CT molecular complexity index is 626. The van der Waals surface area contributed by atoms with Crippen LogP contribution in [0.3, 0.4) is 0 Å². The van der Waals surface area contributed by atoms with E-state index in [1.807, 2.05) is 12.4 Å². The van der Waals surface area contributed by atoms with Gasteiger partial charge in [0.15, 0.2) is 0 Å². The maximum absolute atomic E-state index is 10.1. The third kappa shape index (κ3) is 4.03. The molecule has 0 amide bonds. The summed E-state index contributed by atoms with van der Waals surface area (Å²) in [6.07, 6.45) is 13.1. The number of hydrogen-bond donors (Lipinski definition) is 1. The molecule has 5 heteroatoms. The summed E-state index contributed by atoms with van der Waals surface area (Å²) < 4.78 is 0. The van der Waals surface area contributed by atoms with Gasteiger partial charge in [-0.2, -0.15) is 0 Å². The lowest BCUT2D eigenvalue weighted by Gasteiger charge is -2.36. The molecule has 144 valence electrons. The van der Waals surface area contributed by atoms with Crippen molar-refractivity contribution < 1.29 is 5.11 Å². The molecule has 2 atom stereocenters. The number of allylic oxidation sites excluding steroid dienone is 1. The van der Waals surface area contributed by atoms with Crippen molar-refractivity contribution >= 4 is 11.5 Å². The summed E-state index contributed by atoms with van der Waals surface area (Å²) in [6.45, 7) is 4.71. The first-order chi connectivity index (χ1) is 12.5. The fourth-order valence-electron chi connectivity index (χ4n) is 4.31. The molecule has 1 fully saturated rings. The number of rotatable bonds is 6. The summed E-state index contributed by atoms with van der Waals surface area (Å²) in [7, 11) is 4.22. The third-order valence-corrected chi connectivity index (χ3v) is 6.13. The average Bonchev–Trinajstić information content (AvgIpc) is 2.71. The molecule has 2 heterocycles. The topological polar surface area (TPSA) is 52.5 Å². The quantitative estimate of drug-likeness (QED) is 0.843. The lowest BCUT2D eigenvalue weighted by Crippen LogP contribution is -2.40. The van der Waals surface area contributed by atoms with Crippen molar-refractivity contribution in [3.05, 3.63) is 24.2 Å². The Balaban J connectivity index is 1.82. The van der Waals surface area contributed by atoms with Crippen LogP contribution >= 0.6 is 0 Å². The highest BCUT2D eigenvalue weighted by Crippen LogP contribution is 2.33. The van der Waals surface area contributed by atoms with Crippen LogP contribution in [0.15, 0.2) is 18.5 Å². The number of aliphatic hydroxyl groups is 1. The van der Waals surface area contributed by atoms with Crippen molar-refractivity contribution in [2.45, 2.75) is 64.5 Å². The largest absolute Gasteiger partial charge is 0.394 e. The van der Waals surface area contributed by atoms with Crippen molar-refractivity contribution in [3.63, 3.8) is 0 Å². The molecule has 3 rings (SSSR count). The van der Waals surface area contributed by atoms with E-state index in [1.54, 1.807) is 0 Å². The Hall–Kier alpha value is -1.62. The van der Waals surface area contributed by atoms with E-state index < -0.39 is 0 Å². The van der Waals surface area contributed by atoms with Crippen molar-refractivity contribution in [2.24, 2.45) is 11.8 Å². The van der Waals surface area contributed by atoms with Gasteiger partial charge in [-0.1, -0.05) is 19.9 Å². The van der Waals surface area contributed by atoms with Crippen LogP contribution in [0.5, 0.6) is 0 Å². The van der Waals surface area contributed by atoms with E-state index in [-0.39, 0.29) is 12.6 Å². The van der Waals surface area contributed by atoms with E-state index in [9.17, 15) is 5.11 Å². The average molecular weight is 359 g/mol. The van der Waals surface area contributed by atoms with Gasteiger partial charge in [0.1, 0.15) is 11.5 Å². The summed E-state index contributed by atoms with van der Waals surface area (Å²) in [5.41, 5.74) is 2.02. The maximum atomic E-state index is 10.1. The highest BCUT2D eigenvalue weighted by atomic mass is 16.3.